The second-order valence-electron chi connectivity index (χ2n) is 6.08. The first-order chi connectivity index (χ1) is 9.33. The first-order valence-electron chi connectivity index (χ1n) is 7.29. The Morgan fingerprint density at radius 1 is 1.11 bits per heavy atom. The normalized spacial score (nSPS) is 39.1. The van der Waals surface area contributed by atoms with E-state index in [1.165, 1.54) is 5.57 Å². The smallest absolute Gasteiger partial charge is 0.160 e. The van der Waals surface area contributed by atoms with Crippen LogP contribution in [0, 0.1) is 23.7 Å². The third-order valence-electron chi connectivity index (χ3n) is 5.03. The maximum atomic E-state index is 12.3. The number of carbonyl (C=O) groups excluding carboxylic acids is 1. The van der Waals surface area contributed by atoms with Crippen LogP contribution in [0.5, 0.6) is 0 Å². The summed E-state index contributed by atoms with van der Waals surface area (Å²) in [5, 5.41) is 0. The van der Waals surface area contributed by atoms with Gasteiger partial charge in [0, 0.05) is 23.8 Å². The zero-order chi connectivity index (χ0) is 12.8. The van der Waals surface area contributed by atoms with E-state index in [0.717, 1.165) is 24.8 Å². The van der Waals surface area contributed by atoms with Gasteiger partial charge in [-0.05, 0) is 24.7 Å². The van der Waals surface area contributed by atoms with Gasteiger partial charge >= 0.3 is 0 Å². The fourth-order valence-corrected chi connectivity index (χ4v) is 4.08. The van der Waals surface area contributed by atoms with Crippen molar-refractivity contribution in [1.29, 1.82) is 0 Å². The zero-order valence-corrected chi connectivity index (χ0v) is 11.0. The van der Waals surface area contributed by atoms with Gasteiger partial charge in [0.15, 0.2) is 5.78 Å². The molecule has 0 amide bonds. The first-order valence-corrected chi connectivity index (χ1v) is 7.29. The van der Waals surface area contributed by atoms with Crippen molar-refractivity contribution in [3.63, 3.8) is 0 Å². The maximum Gasteiger partial charge on any atom is 0.160 e. The molecule has 0 spiro atoms. The molecule has 0 bridgehead atoms. The standard InChI is InChI=1S/C18H18O/c19-18-11-14-9-12-5-1-2-6-13(12)10-17(14)15-7-3-4-8-16(15)18/h1-6,8,10,12-15H,7,9,11H2. The first kappa shape index (κ1) is 11.2. The second kappa shape index (κ2) is 4.19. The summed E-state index contributed by atoms with van der Waals surface area (Å²) in [5.74, 6) is 2.40. The van der Waals surface area contributed by atoms with Crippen LogP contribution in [-0.2, 0) is 4.79 Å². The summed E-state index contributed by atoms with van der Waals surface area (Å²) in [6, 6.07) is 0. The second-order valence-corrected chi connectivity index (χ2v) is 6.08. The minimum Gasteiger partial charge on any atom is -0.295 e. The van der Waals surface area contributed by atoms with Gasteiger partial charge in [0.2, 0.25) is 0 Å². The molecule has 19 heavy (non-hydrogen) atoms. The summed E-state index contributed by atoms with van der Waals surface area (Å²) in [6.45, 7) is 0. The molecule has 0 saturated heterocycles. The maximum absolute atomic E-state index is 12.3. The van der Waals surface area contributed by atoms with Gasteiger partial charge in [-0.25, -0.2) is 0 Å². The Morgan fingerprint density at radius 2 is 2.00 bits per heavy atom. The predicted molar refractivity (Wildman–Crippen MR) is 76.4 cm³/mol. The Bertz CT molecular complexity index is 570. The van der Waals surface area contributed by atoms with E-state index in [4.69, 9.17) is 0 Å². The van der Waals surface area contributed by atoms with Gasteiger partial charge < -0.3 is 0 Å². The third-order valence-corrected chi connectivity index (χ3v) is 5.03. The topological polar surface area (TPSA) is 17.1 Å². The van der Waals surface area contributed by atoms with E-state index in [9.17, 15) is 4.79 Å². The molecule has 0 N–H and O–H groups in total. The number of ketones is 1. The van der Waals surface area contributed by atoms with E-state index in [-0.39, 0.29) is 0 Å². The van der Waals surface area contributed by atoms with E-state index in [1.54, 1.807) is 0 Å². The molecule has 1 saturated carbocycles. The number of Topliss-reactive ketones (excluding diaryl/α,β-unsaturated/α-hetero) is 1. The number of carbonyl (C=O) groups is 1. The minimum atomic E-state index is 0.372. The number of allylic oxidation sites excluding steroid dienone is 10. The fraction of sp³-hybridized carbons (Fsp3) is 0.389. The van der Waals surface area contributed by atoms with E-state index in [2.05, 4.69) is 36.5 Å². The van der Waals surface area contributed by atoms with Crippen LogP contribution in [0.4, 0.5) is 0 Å². The largest absolute Gasteiger partial charge is 0.295 e. The van der Waals surface area contributed by atoms with E-state index >= 15 is 0 Å². The number of fused-ring (bicyclic) bond motifs is 4. The molecule has 4 atom stereocenters. The highest BCUT2D eigenvalue weighted by Crippen LogP contribution is 2.47. The van der Waals surface area contributed by atoms with E-state index < -0.39 is 0 Å². The molecular weight excluding hydrogens is 232 g/mol. The van der Waals surface area contributed by atoms with Crippen LogP contribution in [0.15, 0.2) is 59.8 Å². The molecule has 1 nitrogen and oxygen atoms in total. The van der Waals surface area contributed by atoms with Crippen molar-refractivity contribution >= 4 is 5.78 Å². The minimum absolute atomic E-state index is 0.372. The molecule has 0 aliphatic heterocycles. The lowest BCUT2D eigenvalue weighted by atomic mass is 9.62. The van der Waals surface area contributed by atoms with Crippen molar-refractivity contribution in [2.45, 2.75) is 19.3 Å². The molecule has 4 aliphatic carbocycles. The van der Waals surface area contributed by atoms with Crippen LogP contribution in [0.1, 0.15) is 19.3 Å². The Labute approximate surface area is 114 Å². The number of hydrogen-bond donors (Lipinski definition) is 0. The van der Waals surface area contributed by atoms with Crippen molar-refractivity contribution < 1.29 is 4.79 Å². The van der Waals surface area contributed by atoms with Crippen molar-refractivity contribution in [3.05, 3.63) is 59.8 Å². The van der Waals surface area contributed by atoms with Gasteiger partial charge in [0.25, 0.3) is 0 Å². The summed E-state index contributed by atoms with van der Waals surface area (Å²) >= 11 is 0. The highest BCUT2D eigenvalue weighted by Gasteiger charge is 2.40. The molecule has 4 aliphatic rings. The lowest BCUT2D eigenvalue weighted by molar-refractivity contribution is -0.117. The molecule has 0 aromatic rings. The summed E-state index contributed by atoms with van der Waals surface area (Å²) in [5.41, 5.74) is 2.59. The number of hydrogen-bond acceptors (Lipinski definition) is 1. The van der Waals surface area contributed by atoms with Crippen LogP contribution < -0.4 is 0 Å². The summed E-state index contributed by atoms with van der Waals surface area (Å²) in [6.07, 6.45) is 20.6. The Hall–Kier alpha value is -1.63. The SMILES string of the molecule is O=C1CC2CC3C=CC=CC3C=C2C2CC=CC=C12. The number of rotatable bonds is 0. The van der Waals surface area contributed by atoms with Gasteiger partial charge in [-0.2, -0.15) is 0 Å². The lowest BCUT2D eigenvalue weighted by Gasteiger charge is -2.41. The molecule has 4 rings (SSSR count). The quantitative estimate of drug-likeness (QED) is 0.598. The summed E-state index contributed by atoms with van der Waals surface area (Å²) in [4.78, 5) is 12.3. The van der Waals surface area contributed by atoms with Crippen molar-refractivity contribution in [2.24, 2.45) is 23.7 Å². The van der Waals surface area contributed by atoms with Gasteiger partial charge in [0.1, 0.15) is 0 Å². The summed E-state index contributed by atoms with van der Waals surface area (Å²) in [7, 11) is 0. The van der Waals surface area contributed by atoms with Crippen molar-refractivity contribution in [3.8, 4) is 0 Å². The van der Waals surface area contributed by atoms with Crippen molar-refractivity contribution in [2.75, 3.05) is 0 Å². The fourth-order valence-electron chi connectivity index (χ4n) is 4.08. The van der Waals surface area contributed by atoms with Gasteiger partial charge in [-0.3, -0.25) is 4.79 Å². The van der Waals surface area contributed by atoms with Crippen LogP contribution in [0.2, 0.25) is 0 Å². The Balaban J connectivity index is 1.75. The van der Waals surface area contributed by atoms with E-state index in [1.807, 2.05) is 12.2 Å². The molecule has 0 aromatic heterocycles. The third kappa shape index (κ3) is 1.72. The van der Waals surface area contributed by atoms with Crippen LogP contribution in [0.25, 0.3) is 0 Å². The van der Waals surface area contributed by atoms with Gasteiger partial charge in [-0.1, -0.05) is 54.2 Å². The molecular formula is C18H18O. The highest BCUT2D eigenvalue weighted by molar-refractivity contribution is 5.98. The average Bonchev–Trinajstić information content (AvgIpc) is 2.46. The highest BCUT2D eigenvalue weighted by atomic mass is 16.1. The monoisotopic (exact) mass is 250 g/mol. The summed E-state index contributed by atoms with van der Waals surface area (Å²) < 4.78 is 0. The predicted octanol–water partition coefficient (Wildman–Crippen LogP) is 3.77. The molecule has 4 unspecified atom stereocenters. The van der Waals surface area contributed by atoms with Gasteiger partial charge in [0.05, 0.1) is 0 Å². The van der Waals surface area contributed by atoms with E-state index in [0.29, 0.717) is 29.5 Å². The van der Waals surface area contributed by atoms with Crippen LogP contribution in [-0.4, -0.2) is 5.78 Å². The molecule has 1 fully saturated rings. The molecule has 1 heteroatoms. The Morgan fingerprint density at radius 3 is 2.95 bits per heavy atom. The van der Waals surface area contributed by atoms with Crippen LogP contribution >= 0.6 is 0 Å². The Kier molecular flexibility index (Phi) is 2.48. The lowest BCUT2D eigenvalue weighted by Crippen LogP contribution is -2.34. The molecule has 0 heterocycles. The van der Waals surface area contributed by atoms with Gasteiger partial charge in [-0.15, -0.1) is 0 Å². The molecule has 0 radical (unpaired) electrons. The molecule has 0 aromatic carbocycles. The van der Waals surface area contributed by atoms with Crippen molar-refractivity contribution in [1.82, 2.24) is 0 Å². The molecule has 96 valence electrons. The average molecular weight is 250 g/mol. The van der Waals surface area contributed by atoms with Crippen LogP contribution in [0.3, 0.4) is 0 Å². The zero-order valence-electron chi connectivity index (χ0n) is 11.0.